The molecule has 0 aromatic carbocycles. The molecule has 2 saturated heterocycles. The van der Waals surface area contributed by atoms with Crippen molar-refractivity contribution in [2.24, 2.45) is 16.8 Å². The van der Waals surface area contributed by atoms with E-state index in [0.717, 1.165) is 38.1 Å². The van der Waals surface area contributed by atoms with Crippen LogP contribution in [0.3, 0.4) is 0 Å². The molecule has 2 aliphatic rings. The highest BCUT2D eigenvalue weighted by Gasteiger charge is 2.31. The van der Waals surface area contributed by atoms with Crippen molar-refractivity contribution in [3.63, 3.8) is 0 Å². The van der Waals surface area contributed by atoms with E-state index in [1.165, 1.54) is 32.5 Å². The van der Waals surface area contributed by atoms with Crippen LogP contribution >= 0.6 is 24.0 Å². The first-order valence-electron chi connectivity index (χ1n) is 10.0. The van der Waals surface area contributed by atoms with Crippen molar-refractivity contribution in [3.8, 4) is 0 Å². The molecule has 6 heteroatoms. The van der Waals surface area contributed by atoms with E-state index in [0.29, 0.717) is 18.0 Å². The normalized spacial score (nSPS) is 28.9. The molecule has 0 spiro atoms. The van der Waals surface area contributed by atoms with Crippen molar-refractivity contribution in [2.75, 3.05) is 45.8 Å². The van der Waals surface area contributed by atoms with Crippen molar-refractivity contribution < 1.29 is 0 Å². The summed E-state index contributed by atoms with van der Waals surface area (Å²) < 4.78 is 0. The molecule has 5 nitrogen and oxygen atoms in total. The van der Waals surface area contributed by atoms with Gasteiger partial charge >= 0.3 is 0 Å². The van der Waals surface area contributed by atoms with Crippen LogP contribution in [0, 0.1) is 11.8 Å². The number of halogens is 1. The molecule has 25 heavy (non-hydrogen) atoms. The first-order valence-corrected chi connectivity index (χ1v) is 10.0. The standard InChI is InChI=1S/C19H39N5.HI/c1-6-20-19(21-9-11-23-10-7-8-16(4)12-23)22-18-14-24(15(2)3)13-17(18)5;/h15-18H,6-14H2,1-5H3,(H2,20,21,22);1H. The maximum absolute atomic E-state index is 4.83. The second-order valence-electron chi connectivity index (χ2n) is 8.08. The third-order valence-corrected chi connectivity index (χ3v) is 5.46. The Hall–Kier alpha value is -0.0800. The van der Waals surface area contributed by atoms with Crippen molar-refractivity contribution in [3.05, 3.63) is 0 Å². The van der Waals surface area contributed by atoms with Crippen molar-refractivity contribution in [1.82, 2.24) is 20.4 Å². The molecular weight excluding hydrogens is 425 g/mol. The van der Waals surface area contributed by atoms with Crippen LogP contribution in [-0.2, 0) is 0 Å². The minimum Gasteiger partial charge on any atom is -0.357 e. The van der Waals surface area contributed by atoms with E-state index in [4.69, 9.17) is 4.99 Å². The summed E-state index contributed by atoms with van der Waals surface area (Å²) in [5, 5.41) is 7.10. The Balaban J connectivity index is 0.00000312. The van der Waals surface area contributed by atoms with Crippen molar-refractivity contribution in [1.29, 1.82) is 0 Å². The third kappa shape index (κ3) is 7.59. The Morgan fingerprint density at radius 1 is 1.20 bits per heavy atom. The summed E-state index contributed by atoms with van der Waals surface area (Å²) >= 11 is 0. The van der Waals surface area contributed by atoms with Crippen LogP contribution in [0.4, 0.5) is 0 Å². The molecule has 0 aromatic heterocycles. The van der Waals surface area contributed by atoms with E-state index in [-0.39, 0.29) is 24.0 Å². The van der Waals surface area contributed by atoms with Gasteiger partial charge in [-0.3, -0.25) is 9.89 Å². The minimum atomic E-state index is 0. The molecule has 2 rings (SSSR count). The van der Waals surface area contributed by atoms with E-state index in [1.807, 2.05) is 0 Å². The zero-order valence-corrected chi connectivity index (χ0v) is 19.3. The first kappa shape index (κ1) is 23.0. The highest BCUT2D eigenvalue weighted by Crippen LogP contribution is 2.18. The van der Waals surface area contributed by atoms with Gasteiger partial charge < -0.3 is 15.5 Å². The van der Waals surface area contributed by atoms with Gasteiger partial charge in [-0.1, -0.05) is 13.8 Å². The number of rotatable bonds is 6. The fourth-order valence-corrected chi connectivity index (χ4v) is 3.90. The zero-order valence-electron chi connectivity index (χ0n) is 16.9. The van der Waals surface area contributed by atoms with Crippen LogP contribution < -0.4 is 10.6 Å². The fourth-order valence-electron chi connectivity index (χ4n) is 3.90. The lowest BCUT2D eigenvalue weighted by molar-refractivity contribution is 0.189. The summed E-state index contributed by atoms with van der Waals surface area (Å²) in [5.74, 6) is 2.50. The monoisotopic (exact) mass is 465 g/mol. The maximum Gasteiger partial charge on any atom is 0.191 e. The molecule has 2 heterocycles. The van der Waals surface area contributed by atoms with Gasteiger partial charge in [0.25, 0.3) is 0 Å². The summed E-state index contributed by atoms with van der Waals surface area (Å²) in [6.45, 7) is 19.1. The van der Waals surface area contributed by atoms with Gasteiger partial charge in [-0.2, -0.15) is 0 Å². The van der Waals surface area contributed by atoms with E-state index in [9.17, 15) is 0 Å². The van der Waals surface area contributed by atoms with Crippen LogP contribution in [0.5, 0.6) is 0 Å². The van der Waals surface area contributed by atoms with Gasteiger partial charge in [0.05, 0.1) is 6.54 Å². The van der Waals surface area contributed by atoms with Crippen LogP contribution in [0.15, 0.2) is 4.99 Å². The van der Waals surface area contributed by atoms with Crippen LogP contribution in [0.2, 0.25) is 0 Å². The van der Waals surface area contributed by atoms with Gasteiger partial charge in [-0.15, -0.1) is 24.0 Å². The second kappa shape index (κ2) is 11.6. The molecule has 2 fully saturated rings. The van der Waals surface area contributed by atoms with E-state index < -0.39 is 0 Å². The molecule has 3 unspecified atom stereocenters. The molecule has 0 amide bonds. The highest BCUT2D eigenvalue weighted by atomic mass is 127. The van der Waals surface area contributed by atoms with Crippen LogP contribution in [0.25, 0.3) is 0 Å². The maximum atomic E-state index is 4.83. The van der Waals surface area contributed by atoms with Crippen LogP contribution in [-0.4, -0.2) is 73.7 Å². The molecule has 148 valence electrons. The number of likely N-dealkylation sites (tertiary alicyclic amines) is 2. The average molecular weight is 465 g/mol. The molecule has 3 atom stereocenters. The van der Waals surface area contributed by atoms with Gasteiger partial charge in [-0.25, -0.2) is 0 Å². The summed E-state index contributed by atoms with van der Waals surface area (Å²) in [6, 6.07) is 1.13. The number of piperidine rings is 1. The summed E-state index contributed by atoms with van der Waals surface area (Å²) in [4.78, 5) is 9.96. The van der Waals surface area contributed by atoms with Gasteiger partial charge in [0.15, 0.2) is 5.96 Å². The van der Waals surface area contributed by atoms with Gasteiger partial charge in [0.1, 0.15) is 0 Å². The lowest BCUT2D eigenvalue weighted by Gasteiger charge is -2.30. The minimum absolute atomic E-state index is 0. The number of nitrogens with one attached hydrogen (secondary N) is 2. The molecule has 2 aliphatic heterocycles. The third-order valence-electron chi connectivity index (χ3n) is 5.46. The molecule has 0 aliphatic carbocycles. The lowest BCUT2D eigenvalue weighted by Crippen LogP contribution is -2.47. The topological polar surface area (TPSA) is 42.9 Å². The number of aliphatic imine (C=N–C) groups is 1. The van der Waals surface area contributed by atoms with Gasteiger partial charge in [0, 0.05) is 44.8 Å². The van der Waals surface area contributed by atoms with Crippen LogP contribution in [0.1, 0.15) is 47.5 Å². The predicted molar refractivity (Wildman–Crippen MR) is 119 cm³/mol. The second-order valence-corrected chi connectivity index (χ2v) is 8.08. The Bertz CT molecular complexity index is 401. The van der Waals surface area contributed by atoms with E-state index in [2.05, 4.69) is 55.1 Å². The van der Waals surface area contributed by atoms with Gasteiger partial charge in [-0.05, 0) is 52.0 Å². The Kier molecular flexibility index (Phi) is 10.6. The largest absolute Gasteiger partial charge is 0.357 e. The lowest BCUT2D eigenvalue weighted by atomic mass is 10.0. The molecule has 2 N–H and O–H groups in total. The quantitative estimate of drug-likeness (QED) is 0.360. The SMILES string of the molecule is CCNC(=NCCN1CCCC(C)C1)NC1CN(C(C)C)CC1C.I. The number of nitrogens with zero attached hydrogens (tertiary/aromatic N) is 3. The van der Waals surface area contributed by atoms with Crippen molar-refractivity contribution in [2.45, 2.75) is 59.5 Å². The fraction of sp³-hybridized carbons (Fsp3) is 0.947. The number of guanidine groups is 1. The number of hydrogen-bond acceptors (Lipinski definition) is 3. The molecular formula is C19H40IN5. The van der Waals surface area contributed by atoms with Crippen molar-refractivity contribution >= 4 is 29.9 Å². The summed E-state index contributed by atoms with van der Waals surface area (Å²) in [7, 11) is 0. The Labute approximate surface area is 172 Å². The summed E-state index contributed by atoms with van der Waals surface area (Å²) in [6.07, 6.45) is 2.73. The zero-order chi connectivity index (χ0) is 17.5. The molecule has 0 radical (unpaired) electrons. The Morgan fingerprint density at radius 3 is 2.56 bits per heavy atom. The first-order chi connectivity index (χ1) is 11.5. The highest BCUT2D eigenvalue weighted by molar-refractivity contribution is 14.0. The molecule has 0 aromatic rings. The predicted octanol–water partition coefficient (Wildman–Crippen LogP) is 2.62. The molecule has 0 bridgehead atoms. The number of hydrogen-bond donors (Lipinski definition) is 2. The summed E-state index contributed by atoms with van der Waals surface area (Å²) in [5.41, 5.74) is 0. The van der Waals surface area contributed by atoms with Gasteiger partial charge in [0.2, 0.25) is 0 Å². The smallest absolute Gasteiger partial charge is 0.191 e. The van der Waals surface area contributed by atoms with E-state index >= 15 is 0 Å². The Morgan fingerprint density at radius 2 is 1.96 bits per heavy atom. The van der Waals surface area contributed by atoms with E-state index in [1.54, 1.807) is 0 Å². The average Bonchev–Trinajstić information content (AvgIpc) is 2.89. The molecule has 0 saturated carbocycles.